The molecular weight excluding hydrogens is 242 g/mol. The zero-order chi connectivity index (χ0) is 13.6. The van der Waals surface area contributed by atoms with Crippen molar-refractivity contribution < 1.29 is 0 Å². The number of hydrogen-bond donors (Lipinski definition) is 1. The molecule has 0 radical (unpaired) electrons. The van der Waals surface area contributed by atoms with Crippen molar-refractivity contribution in [3.63, 3.8) is 0 Å². The smallest absolute Gasteiger partial charge is 0.0322 e. The summed E-state index contributed by atoms with van der Waals surface area (Å²) in [6.07, 6.45) is 14.1. The molecule has 1 heteroatoms. The molecule has 2 aliphatic carbocycles. The molecule has 0 spiro atoms. The quantitative estimate of drug-likeness (QED) is 0.586. The molecule has 20 heavy (non-hydrogen) atoms. The Morgan fingerprint density at radius 2 is 1.75 bits per heavy atom. The summed E-state index contributed by atoms with van der Waals surface area (Å²) in [5, 5.41) is 3.84. The van der Waals surface area contributed by atoms with Crippen molar-refractivity contribution in [3.05, 3.63) is 35.4 Å². The molecule has 0 aromatic heterocycles. The van der Waals surface area contributed by atoms with Gasteiger partial charge in [-0.25, -0.2) is 0 Å². The number of hydrogen-bond acceptors (Lipinski definition) is 1. The van der Waals surface area contributed by atoms with Crippen molar-refractivity contribution in [2.24, 2.45) is 5.92 Å². The first-order valence-electron chi connectivity index (χ1n) is 8.74. The maximum absolute atomic E-state index is 3.84. The van der Waals surface area contributed by atoms with Crippen LogP contribution in [-0.2, 0) is 6.42 Å². The Morgan fingerprint density at radius 1 is 0.950 bits per heavy atom. The molecule has 1 unspecified atom stereocenters. The summed E-state index contributed by atoms with van der Waals surface area (Å²) in [6, 6.07) is 9.68. The summed E-state index contributed by atoms with van der Waals surface area (Å²) in [4.78, 5) is 0. The Kier molecular flexibility index (Phi) is 5.13. The van der Waals surface area contributed by atoms with Crippen LogP contribution in [0.3, 0.4) is 0 Å². The second kappa shape index (κ2) is 7.26. The van der Waals surface area contributed by atoms with Gasteiger partial charge in [0, 0.05) is 6.04 Å². The molecule has 3 rings (SSSR count). The second-order valence-electron chi connectivity index (χ2n) is 6.74. The minimum Gasteiger partial charge on any atom is -0.310 e. The molecule has 1 aromatic rings. The second-order valence-corrected chi connectivity index (χ2v) is 6.74. The fourth-order valence-electron chi connectivity index (χ4n) is 4.10. The minimum atomic E-state index is 0.609. The number of aryl methyl sites for hydroxylation is 1. The summed E-state index contributed by atoms with van der Waals surface area (Å²) in [7, 11) is 0. The first-order chi connectivity index (χ1) is 9.93. The topological polar surface area (TPSA) is 12.0 Å². The molecule has 1 fully saturated rings. The molecule has 0 heterocycles. The van der Waals surface area contributed by atoms with E-state index < -0.39 is 0 Å². The average molecular weight is 271 g/mol. The van der Waals surface area contributed by atoms with E-state index in [2.05, 4.69) is 29.6 Å². The third-order valence-corrected chi connectivity index (χ3v) is 5.27. The normalized spacial score (nSPS) is 23.5. The first kappa shape index (κ1) is 14.1. The van der Waals surface area contributed by atoms with E-state index in [1.807, 2.05) is 0 Å². The van der Waals surface area contributed by atoms with E-state index in [1.54, 1.807) is 11.1 Å². The van der Waals surface area contributed by atoms with Gasteiger partial charge in [0.05, 0.1) is 0 Å². The Bertz CT molecular complexity index is 406. The van der Waals surface area contributed by atoms with Crippen molar-refractivity contribution in [1.82, 2.24) is 5.32 Å². The highest BCUT2D eigenvalue weighted by atomic mass is 14.9. The Hall–Kier alpha value is -0.820. The van der Waals surface area contributed by atoms with E-state index >= 15 is 0 Å². The molecule has 0 aliphatic heterocycles. The molecule has 1 N–H and O–H groups in total. The fourth-order valence-corrected chi connectivity index (χ4v) is 4.10. The molecule has 0 amide bonds. The van der Waals surface area contributed by atoms with Crippen LogP contribution in [0.25, 0.3) is 0 Å². The highest BCUT2D eigenvalue weighted by Crippen LogP contribution is 2.30. The average Bonchev–Trinajstić information content (AvgIpc) is 2.91. The van der Waals surface area contributed by atoms with E-state index in [-0.39, 0.29) is 0 Å². The SMILES string of the molecule is c1ccc2c(c1)CCCCC2NCCCC1CCCC1. The van der Waals surface area contributed by atoms with E-state index in [0.29, 0.717) is 6.04 Å². The monoisotopic (exact) mass is 271 g/mol. The van der Waals surface area contributed by atoms with E-state index in [1.165, 1.54) is 70.8 Å². The first-order valence-corrected chi connectivity index (χ1v) is 8.74. The van der Waals surface area contributed by atoms with Gasteiger partial charge in [-0.05, 0) is 55.7 Å². The summed E-state index contributed by atoms with van der Waals surface area (Å²) in [5.74, 6) is 1.04. The van der Waals surface area contributed by atoms with Gasteiger partial charge in [-0.3, -0.25) is 0 Å². The Labute approximate surface area is 124 Å². The van der Waals surface area contributed by atoms with Gasteiger partial charge in [-0.1, -0.05) is 56.4 Å². The highest BCUT2D eigenvalue weighted by molar-refractivity contribution is 5.31. The van der Waals surface area contributed by atoms with Crippen molar-refractivity contribution in [2.45, 2.75) is 70.3 Å². The van der Waals surface area contributed by atoms with Crippen LogP contribution in [0.4, 0.5) is 0 Å². The fraction of sp³-hybridized carbons (Fsp3) is 0.684. The number of fused-ring (bicyclic) bond motifs is 1. The molecule has 1 atom stereocenters. The molecule has 1 nitrogen and oxygen atoms in total. The van der Waals surface area contributed by atoms with Gasteiger partial charge in [0.2, 0.25) is 0 Å². The van der Waals surface area contributed by atoms with Crippen molar-refractivity contribution in [1.29, 1.82) is 0 Å². The van der Waals surface area contributed by atoms with E-state index in [4.69, 9.17) is 0 Å². The predicted molar refractivity (Wildman–Crippen MR) is 85.9 cm³/mol. The molecule has 0 saturated heterocycles. The van der Waals surface area contributed by atoms with Crippen LogP contribution < -0.4 is 5.32 Å². The number of nitrogens with one attached hydrogen (secondary N) is 1. The Balaban J connectivity index is 1.49. The molecule has 110 valence electrons. The van der Waals surface area contributed by atoms with Crippen LogP contribution in [0.5, 0.6) is 0 Å². The van der Waals surface area contributed by atoms with Gasteiger partial charge in [0.1, 0.15) is 0 Å². The van der Waals surface area contributed by atoms with Gasteiger partial charge in [0.15, 0.2) is 0 Å². The van der Waals surface area contributed by atoms with Crippen LogP contribution in [0, 0.1) is 5.92 Å². The molecule has 1 saturated carbocycles. The predicted octanol–water partition coefficient (Wildman–Crippen LogP) is 5.01. The summed E-state index contributed by atoms with van der Waals surface area (Å²) >= 11 is 0. The maximum atomic E-state index is 3.84. The molecular formula is C19H29N. The van der Waals surface area contributed by atoms with Crippen LogP contribution >= 0.6 is 0 Å². The lowest BCUT2D eigenvalue weighted by Gasteiger charge is -2.20. The minimum absolute atomic E-state index is 0.609. The largest absolute Gasteiger partial charge is 0.310 e. The van der Waals surface area contributed by atoms with Gasteiger partial charge >= 0.3 is 0 Å². The van der Waals surface area contributed by atoms with Crippen LogP contribution in [0.2, 0.25) is 0 Å². The third-order valence-electron chi connectivity index (χ3n) is 5.27. The zero-order valence-electron chi connectivity index (χ0n) is 12.7. The van der Waals surface area contributed by atoms with Crippen LogP contribution in [-0.4, -0.2) is 6.54 Å². The standard InChI is InChI=1S/C19H29N/c1-2-9-16(8-1)10-7-15-20-19-14-6-4-12-17-11-3-5-13-18(17)19/h3,5,11,13,16,19-20H,1-2,4,6-10,12,14-15H2. The highest BCUT2D eigenvalue weighted by Gasteiger charge is 2.18. The van der Waals surface area contributed by atoms with E-state index in [9.17, 15) is 0 Å². The zero-order valence-corrected chi connectivity index (χ0v) is 12.7. The summed E-state index contributed by atoms with van der Waals surface area (Å²) in [5.41, 5.74) is 3.16. The van der Waals surface area contributed by atoms with Gasteiger partial charge in [-0.15, -0.1) is 0 Å². The van der Waals surface area contributed by atoms with Gasteiger partial charge in [0.25, 0.3) is 0 Å². The van der Waals surface area contributed by atoms with Crippen LogP contribution in [0.15, 0.2) is 24.3 Å². The lowest BCUT2D eigenvalue weighted by atomic mass is 9.98. The molecule has 2 aliphatic rings. The van der Waals surface area contributed by atoms with Crippen LogP contribution in [0.1, 0.15) is 75.0 Å². The van der Waals surface area contributed by atoms with Crippen molar-refractivity contribution in [2.75, 3.05) is 6.54 Å². The van der Waals surface area contributed by atoms with Crippen molar-refractivity contribution in [3.8, 4) is 0 Å². The lowest BCUT2D eigenvalue weighted by Crippen LogP contribution is -2.23. The Morgan fingerprint density at radius 3 is 2.65 bits per heavy atom. The number of benzene rings is 1. The van der Waals surface area contributed by atoms with Gasteiger partial charge < -0.3 is 5.32 Å². The third kappa shape index (κ3) is 3.63. The molecule has 0 bridgehead atoms. The van der Waals surface area contributed by atoms with E-state index in [0.717, 1.165) is 5.92 Å². The summed E-state index contributed by atoms with van der Waals surface area (Å²) < 4.78 is 0. The number of rotatable bonds is 5. The summed E-state index contributed by atoms with van der Waals surface area (Å²) in [6.45, 7) is 1.20. The lowest BCUT2D eigenvalue weighted by molar-refractivity contribution is 0.436. The van der Waals surface area contributed by atoms with Gasteiger partial charge in [-0.2, -0.15) is 0 Å². The van der Waals surface area contributed by atoms with Crippen molar-refractivity contribution >= 4 is 0 Å². The maximum Gasteiger partial charge on any atom is 0.0322 e. The molecule has 1 aromatic carbocycles.